The largest absolute Gasteiger partial charge is 0.481 e. The Morgan fingerprint density at radius 3 is 1.94 bits per heavy atom. The number of fused-ring (bicyclic) bond motifs is 1. The number of amides is 1. The fourth-order valence-corrected chi connectivity index (χ4v) is 3.60. The fourth-order valence-electron chi connectivity index (χ4n) is 3.60. The third kappa shape index (κ3) is 4.56. The zero-order valence-electron chi connectivity index (χ0n) is 16.7. The number of hydrogen-bond donors (Lipinski definition) is 2. The number of carbonyl (C=O) groups excluding carboxylic acids is 1. The summed E-state index contributed by atoms with van der Waals surface area (Å²) in [5.41, 5.74) is 2.45. The maximum absolute atomic E-state index is 13.3. The van der Waals surface area contributed by atoms with Crippen LogP contribution in [0.25, 0.3) is 10.8 Å². The number of rotatable bonds is 7. The molecule has 0 aliphatic heterocycles. The number of carboxylic acids is 1. The number of benzene rings is 4. The van der Waals surface area contributed by atoms with Crippen LogP contribution >= 0.6 is 0 Å². The minimum atomic E-state index is -1.06. The van der Waals surface area contributed by atoms with Gasteiger partial charge in [-0.3, -0.25) is 4.79 Å². The second-order valence-electron chi connectivity index (χ2n) is 7.07. The molecule has 0 fully saturated rings. The van der Waals surface area contributed by atoms with Crippen LogP contribution < -0.4 is 10.1 Å². The zero-order valence-corrected chi connectivity index (χ0v) is 16.7. The van der Waals surface area contributed by atoms with Gasteiger partial charge in [0, 0.05) is 10.9 Å². The summed E-state index contributed by atoms with van der Waals surface area (Å²) in [6, 6.07) is 29.9. The van der Waals surface area contributed by atoms with Gasteiger partial charge in [0.1, 0.15) is 5.75 Å². The maximum atomic E-state index is 13.3. The molecular formula is C26H21NO4. The number of aliphatic carboxylic acids is 1. The Kier molecular flexibility index (Phi) is 5.94. The van der Waals surface area contributed by atoms with Crippen LogP contribution in [0.3, 0.4) is 0 Å². The Hall–Kier alpha value is -4.12. The first-order chi connectivity index (χ1) is 15.1. The number of carbonyl (C=O) groups is 2. The lowest BCUT2D eigenvalue weighted by Gasteiger charge is -2.20. The predicted molar refractivity (Wildman–Crippen MR) is 119 cm³/mol. The molecule has 0 saturated carbocycles. The van der Waals surface area contributed by atoms with Crippen molar-refractivity contribution in [3.05, 3.63) is 114 Å². The second kappa shape index (κ2) is 9.13. The first-order valence-electron chi connectivity index (χ1n) is 9.90. The van der Waals surface area contributed by atoms with Crippen molar-refractivity contribution < 1.29 is 19.4 Å². The summed E-state index contributed by atoms with van der Waals surface area (Å²) in [5, 5.41) is 13.5. The highest BCUT2D eigenvalue weighted by molar-refractivity contribution is 6.08. The van der Waals surface area contributed by atoms with Gasteiger partial charge in [-0.1, -0.05) is 84.9 Å². The molecule has 0 bridgehead atoms. The van der Waals surface area contributed by atoms with E-state index < -0.39 is 12.6 Å². The molecule has 0 saturated heterocycles. The Morgan fingerprint density at radius 1 is 0.742 bits per heavy atom. The Morgan fingerprint density at radius 2 is 1.32 bits per heavy atom. The van der Waals surface area contributed by atoms with E-state index in [0.29, 0.717) is 22.1 Å². The molecule has 5 nitrogen and oxygen atoms in total. The number of nitrogens with one attached hydrogen (secondary N) is 1. The molecule has 0 aliphatic rings. The first kappa shape index (κ1) is 20.2. The summed E-state index contributed by atoms with van der Waals surface area (Å²) in [6.45, 7) is -0.445. The average molecular weight is 411 g/mol. The molecule has 0 aliphatic carbocycles. The van der Waals surface area contributed by atoms with E-state index in [1.807, 2.05) is 72.8 Å². The van der Waals surface area contributed by atoms with E-state index in [9.17, 15) is 9.59 Å². The summed E-state index contributed by atoms with van der Waals surface area (Å²) in [4.78, 5) is 24.2. The van der Waals surface area contributed by atoms with Crippen molar-refractivity contribution in [3.8, 4) is 5.75 Å². The Bertz CT molecular complexity index is 1170. The van der Waals surface area contributed by atoms with Gasteiger partial charge >= 0.3 is 5.97 Å². The van der Waals surface area contributed by atoms with Crippen molar-refractivity contribution in [2.75, 3.05) is 6.61 Å². The van der Waals surface area contributed by atoms with Gasteiger partial charge in [-0.2, -0.15) is 0 Å². The van der Waals surface area contributed by atoms with E-state index in [1.165, 1.54) is 0 Å². The van der Waals surface area contributed by atoms with Gasteiger partial charge in [0.25, 0.3) is 5.91 Å². The maximum Gasteiger partial charge on any atom is 0.341 e. The van der Waals surface area contributed by atoms with Gasteiger partial charge in [0.15, 0.2) is 6.61 Å². The molecule has 1 amide bonds. The SMILES string of the molecule is O=C(O)COc1cccc2c(C(=O)NC(c3ccccc3)c3ccccc3)cccc12. The molecule has 0 atom stereocenters. The van der Waals surface area contributed by atoms with Crippen molar-refractivity contribution in [3.63, 3.8) is 0 Å². The van der Waals surface area contributed by atoms with Crippen LogP contribution in [0, 0.1) is 0 Å². The van der Waals surface area contributed by atoms with Crippen molar-refractivity contribution in [2.24, 2.45) is 0 Å². The molecular weight excluding hydrogens is 390 g/mol. The predicted octanol–water partition coefficient (Wildman–Crippen LogP) is 4.82. The quantitative estimate of drug-likeness (QED) is 0.457. The third-order valence-electron chi connectivity index (χ3n) is 5.02. The Labute approximate surface area is 179 Å². The van der Waals surface area contributed by atoms with Crippen molar-refractivity contribution >= 4 is 22.6 Å². The lowest BCUT2D eigenvalue weighted by Crippen LogP contribution is -2.29. The summed E-state index contributed by atoms with van der Waals surface area (Å²) in [5.74, 6) is -0.852. The monoisotopic (exact) mass is 411 g/mol. The number of carboxylic acid groups (broad SMARTS) is 1. The second-order valence-corrected chi connectivity index (χ2v) is 7.07. The molecule has 0 heterocycles. The van der Waals surface area contributed by atoms with Gasteiger partial charge < -0.3 is 15.2 Å². The zero-order chi connectivity index (χ0) is 21.6. The van der Waals surface area contributed by atoms with Crippen LogP contribution in [-0.4, -0.2) is 23.6 Å². The van der Waals surface area contributed by atoms with Gasteiger partial charge in [-0.05, 0) is 28.6 Å². The average Bonchev–Trinajstić information content (AvgIpc) is 2.81. The topological polar surface area (TPSA) is 75.6 Å². The summed E-state index contributed by atoms with van der Waals surface area (Å²) >= 11 is 0. The molecule has 5 heteroatoms. The number of ether oxygens (including phenoxy) is 1. The van der Waals surface area contributed by atoms with Crippen molar-refractivity contribution in [1.29, 1.82) is 0 Å². The van der Waals surface area contributed by atoms with Crippen LogP contribution in [0.15, 0.2) is 97.1 Å². The van der Waals surface area contributed by atoms with E-state index in [0.717, 1.165) is 11.1 Å². The number of hydrogen-bond acceptors (Lipinski definition) is 3. The molecule has 4 rings (SSSR count). The van der Waals surface area contributed by atoms with Crippen LogP contribution in [0.5, 0.6) is 5.75 Å². The lowest BCUT2D eigenvalue weighted by molar-refractivity contribution is -0.139. The van der Waals surface area contributed by atoms with Crippen molar-refractivity contribution in [1.82, 2.24) is 5.32 Å². The minimum Gasteiger partial charge on any atom is -0.481 e. The molecule has 0 radical (unpaired) electrons. The third-order valence-corrected chi connectivity index (χ3v) is 5.02. The Balaban J connectivity index is 1.70. The van der Waals surface area contributed by atoms with E-state index in [1.54, 1.807) is 24.3 Å². The molecule has 154 valence electrons. The van der Waals surface area contributed by atoms with E-state index in [4.69, 9.17) is 9.84 Å². The fraction of sp³-hybridized carbons (Fsp3) is 0.0769. The van der Waals surface area contributed by atoms with Crippen LogP contribution in [0.4, 0.5) is 0 Å². The molecule has 2 N–H and O–H groups in total. The minimum absolute atomic E-state index is 0.223. The first-order valence-corrected chi connectivity index (χ1v) is 9.90. The highest BCUT2D eigenvalue weighted by Gasteiger charge is 2.19. The standard InChI is InChI=1S/C26H21NO4/c28-24(29)17-31-23-16-8-13-20-21(23)14-7-15-22(20)26(30)27-25(18-9-3-1-4-10-18)19-11-5-2-6-12-19/h1-16,25H,17H2,(H,27,30)(H,28,29). The highest BCUT2D eigenvalue weighted by Crippen LogP contribution is 2.29. The summed E-state index contributed by atoms with van der Waals surface area (Å²) in [7, 11) is 0. The normalized spacial score (nSPS) is 10.7. The smallest absolute Gasteiger partial charge is 0.341 e. The van der Waals surface area contributed by atoms with E-state index in [-0.39, 0.29) is 11.9 Å². The highest BCUT2D eigenvalue weighted by atomic mass is 16.5. The van der Waals surface area contributed by atoms with Gasteiger partial charge in [0.05, 0.1) is 6.04 Å². The molecule has 0 aromatic heterocycles. The van der Waals surface area contributed by atoms with Crippen LogP contribution in [0.2, 0.25) is 0 Å². The molecule has 4 aromatic carbocycles. The lowest BCUT2D eigenvalue weighted by atomic mass is 9.97. The van der Waals surface area contributed by atoms with Gasteiger partial charge in [-0.25, -0.2) is 4.79 Å². The van der Waals surface area contributed by atoms with Gasteiger partial charge in [-0.15, -0.1) is 0 Å². The van der Waals surface area contributed by atoms with E-state index >= 15 is 0 Å². The van der Waals surface area contributed by atoms with Crippen LogP contribution in [0.1, 0.15) is 27.5 Å². The van der Waals surface area contributed by atoms with E-state index in [2.05, 4.69) is 5.32 Å². The van der Waals surface area contributed by atoms with Gasteiger partial charge in [0.2, 0.25) is 0 Å². The summed E-state index contributed by atoms with van der Waals surface area (Å²) in [6.07, 6.45) is 0. The summed E-state index contributed by atoms with van der Waals surface area (Å²) < 4.78 is 5.40. The molecule has 31 heavy (non-hydrogen) atoms. The molecule has 0 unspecified atom stereocenters. The molecule has 4 aromatic rings. The van der Waals surface area contributed by atoms with Crippen molar-refractivity contribution in [2.45, 2.75) is 6.04 Å². The van der Waals surface area contributed by atoms with Crippen LogP contribution in [-0.2, 0) is 4.79 Å². The molecule has 0 spiro atoms.